The summed E-state index contributed by atoms with van der Waals surface area (Å²) in [6.07, 6.45) is 6.33. The van der Waals surface area contributed by atoms with Gasteiger partial charge in [-0.15, -0.1) is 0 Å². The predicted octanol–water partition coefficient (Wildman–Crippen LogP) is 3.16. The fourth-order valence-electron chi connectivity index (χ4n) is 3.41. The van der Waals surface area contributed by atoms with Gasteiger partial charge < -0.3 is 15.5 Å². The Labute approximate surface area is 137 Å². The van der Waals surface area contributed by atoms with Gasteiger partial charge in [0.2, 0.25) is 0 Å². The molecule has 23 heavy (non-hydrogen) atoms. The van der Waals surface area contributed by atoms with Gasteiger partial charge >= 0.3 is 0 Å². The molecule has 0 fully saturated rings. The van der Waals surface area contributed by atoms with Crippen LogP contribution in [0.2, 0.25) is 0 Å². The molecule has 4 heteroatoms. The highest BCUT2D eigenvalue weighted by Crippen LogP contribution is 2.33. The van der Waals surface area contributed by atoms with Crippen molar-refractivity contribution in [1.82, 2.24) is 4.98 Å². The van der Waals surface area contributed by atoms with Crippen LogP contribution >= 0.6 is 0 Å². The van der Waals surface area contributed by atoms with Crippen LogP contribution in [0.4, 0.5) is 5.69 Å². The normalized spacial score (nSPS) is 17.1. The molecule has 1 aromatic heterocycles. The highest BCUT2D eigenvalue weighted by Gasteiger charge is 2.21. The first-order valence-corrected chi connectivity index (χ1v) is 8.34. The lowest BCUT2D eigenvalue weighted by Gasteiger charge is -2.27. The number of pyridine rings is 1. The Balaban J connectivity index is 1.76. The molecular formula is C19H24N2O2. The van der Waals surface area contributed by atoms with Crippen molar-refractivity contribution in [2.75, 3.05) is 11.9 Å². The van der Waals surface area contributed by atoms with Crippen LogP contribution in [0.5, 0.6) is 0 Å². The highest BCUT2D eigenvalue weighted by atomic mass is 16.5. The molecule has 0 bridgehead atoms. The van der Waals surface area contributed by atoms with Gasteiger partial charge in [-0.05, 0) is 48.4 Å². The second-order valence-electron chi connectivity index (χ2n) is 6.19. The zero-order valence-corrected chi connectivity index (χ0v) is 13.5. The number of aliphatic hydroxyl groups is 2. The molecule has 4 nitrogen and oxygen atoms in total. The number of aliphatic hydroxyl groups excluding tert-OH is 1. The SMILES string of the molecule is CCc1ccc2c(c1)CCC[C@@H]2CNc1cnccc1C(O)O. The quantitative estimate of drug-likeness (QED) is 0.742. The molecule has 1 atom stereocenters. The molecule has 0 saturated carbocycles. The Morgan fingerprint density at radius 1 is 1.30 bits per heavy atom. The molecule has 0 radical (unpaired) electrons. The monoisotopic (exact) mass is 312 g/mol. The van der Waals surface area contributed by atoms with Gasteiger partial charge in [0.05, 0.1) is 11.9 Å². The Hall–Kier alpha value is -1.91. The number of aromatic nitrogens is 1. The van der Waals surface area contributed by atoms with Crippen molar-refractivity contribution in [1.29, 1.82) is 0 Å². The van der Waals surface area contributed by atoms with Gasteiger partial charge in [0.1, 0.15) is 0 Å². The summed E-state index contributed by atoms with van der Waals surface area (Å²) in [6, 6.07) is 8.47. The summed E-state index contributed by atoms with van der Waals surface area (Å²) in [4.78, 5) is 4.07. The fraction of sp³-hybridized carbons (Fsp3) is 0.421. The number of fused-ring (bicyclic) bond motifs is 1. The third kappa shape index (κ3) is 3.54. The van der Waals surface area contributed by atoms with E-state index in [1.54, 1.807) is 18.5 Å². The van der Waals surface area contributed by atoms with Crippen LogP contribution in [0, 0.1) is 0 Å². The van der Waals surface area contributed by atoms with Crippen molar-refractivity contribution in [3.63, 3.8) is 0 Å². The number of aryl methyl sites for hydroxylation is 2. The lowest BCUT2D eigenvalue weighted by Crippen LogP contribution is -2.19. The Morgan fingerprint density at radius 2 is 2.17 bits per heavy atom. The van der Waals surface area contributed by atoms with E-state index in [0.717, 1.165) is 25.8 Å². The van der Waals surface area contributed by atoms with E-state index in [9.17, 15) is 10.2 Å². The third-order valence-corrected chi connectivity index (χ3v) is 4.73. The van der Waals surface area contributed by atoms with Gasteiger partial charge in [-0.1, -0.05) is 25.1 Å². The molecule has 0 saturated heterocycles. The first kappa shape index (κ1) is 16.0. The van der Waals surface area contributed by atoms with Crippen LogP contribution in [0.1, 0.15) is 54.2 Å². The maximum Gasteiger partial charge on any atom is 0.180 e. The van der Waals surface area contributed by atoms with Crippen molar-refractivity contribution in [3.8, 4) is 0 Å². The number of nitrogens with one attached hydrogen (secondary N) is 1. The molecule has 1 aliphatic rings. The van der Waals surface area contributed by atoms with Crippen molar-refractivity contribution < 1.29 is 10.2 Å². The maximum atomic E-state index is 9.44. The number of anilines is 1. The lowest BCUT2D eigenvalue weighted by molar-refractivity contribution is -0.0419. The van der Waals surface area contributed by atoms with E-state index in [4.69, 9.17) is 0 Å². The molecular weight excluding hydrogens is 288 g/mol. The number of nitrogens with zero attached hydrogens (tertiary/aromatic N) is 1. The number of hydrogen-bond donors (Lipinski definition) is 3. The Bertz CT molecular complexity index is 670. The van der Waals surface area contributed by atoms with Gasteiger partial charge in [0.25, 0.3) is 0 Å². The Morgan fingerprint density at radius 3 is 2.96 bits per heavy atom. The molecule has 122 valence electrons. The summed E-state index contributed by atoms with van der Waals surface area (Å²) in [5.74, 6) is 0.452. The molecule has 3 rings (SSSR count). The summed E-state index contributed by atoms with van der Waals surface area (Å²) >= 11 is 0. The minimum absolute atomic E-state index is 0.452. The van der Waals surface area contributed by atoms with Gasteiger partial charge in [-0.3, -0.25) is 4.98 Å². The van der Waals surface area contributed by atoms with Crippen molar-refractivity contribution in [3.05, 3.63) is 58.9 Å². The van der Waals surface area contributed by atoms with E-state index in [0.29, 0.717) is 17.2 Å². The molecule has 0 spiro atoms. The van der Waals surface area contributed by atoms with Gasteiger partial charge in [-0.25, -0.2) is 0 Å². The van der Waals surface area contributed by atoms with Crippen molar-refractivity contribution in [2.24, 2.45) is 0 Å². The van der Waals surface area contributed by atoms with Gasteiger partial charge in [0, 0.05) is 24.2 Å². The van der Waals surface area contributed by atoms with Crippen LogP contribution in [0.25, 0.3) is 0 Å². The first-order chi connectivity index (χ1) is 11.2. The fourth-order valence-corrected chi connectivity index (χ4v) is 3.41. The molecule has 2 aromatic rings. The Kier molecular flexibility index (Phi) is 4.94. The summed E-state index contributed by atoms with van der Waals surface area (Å²) in [5.41, 5.74) is 5.46. The minimum Gasteiger partial charge on any atom is -0.383 e. The minimum atomic E-state index is -1.48. The molecule has 1 aromatic carbocycles. The third-order valence-electron chi connectivity index (χ3n) is 4.73. The molecule has 3 N–H and O–H groups in total. The highest BCUT2D eigenvalue weighted by molar-refractivity contribution is 5.50. The molecule has 1 heterocycles. The molecule has 0 amide bonds. The average Bonchev–Trinajstić information content (AvgIpc) is 2.59. The topological polar surface area (TPSA) is 65.4 Å². The van der Waals surface area contributed by atoms with E-state index >= 15 is 0 Å². The number of rotatable bonds is 5. The zero-order valence-electron chi connectivity index (χ0n) is 13.5. The zero-order chi connectivity index (χ0) is 16.2. The summed E-state index contributed by atoms with van der Waals surface area (Å²) in [5, 5.41) is 22.2. The predicted molar refractivity (Wildman–Crippen MR) is 91.4 cm³/mol. The average molecular weight is 312 g/mol. The van der Waals surface area contributed by atoms with Gasteiger partial charge in [0.15, 0.2) is 6.29 Å². The maximum absolute atomic E-state index is 9.44. The van der Waals surface area contributed by atoms with E-state index in [1.165, 1.54) is 23.1 Å². The first-order valence-electron chi connectivity index (χ1n) is 8.34. The van der Waals surface area contributed by atoms with E-state index in [1.807, 2.05) is 0 Å². The van der Waals surface area contributed by atoms with E-state index in [2.05, 4.69) is 35.4 Å². The van der Waals surface area contributed by atoms with Crippen molar-refractivity contribution >= 4 is 5.69 Å². The standard InChI is InChI=1S/C19H24N2O2/c1-2-13-6-7-16-14(10-13)4-3-5-15(16)11-21-18-12-20-9-8-17(18)19(22)23/h6-10,12,15,19,21-23H,2-5,11H2,1H3/t15-/m1/s1. The second kappa shape index (κ2) is 7.11. The largest absolute Gasteiger partial charge is 0.383 e. The van der Waals surface area contributed by atoms with E-state index in [-0.39, 0.29) is 0 Å². The second-order valence-corrected chi connectivity index (χ2v) is 6.19. The van der Waals surface area contributed by atoms with E-state index < -0.39 is 6.29 Å². The lowest BCUT2D eigenvalue weighted by atomic mass is 9.82. The number of benzene rings is 1. The summed E-state index contributed by atoms with van der Waals surface area (Å²) < 4.78 is 0. The smallest absolute Gasteiger partial charge is 0.180 e. The molecule has 0 aliphatic heterocycles. The van der Waals surface area contributed by atoms with Crippen LogP contribution in [-0.2, 0) is 12.8 Å². The molecule has 1 aliphatic carbocycles. The number of hydrogen-bond acceptors (Lipinski definition) is 4. The van der Waals surface area contributed by atoms with Crippen LogP contribution in [0.3, 0.4) is 0 Å². The van der Waals surface area contributed by atoms with Gasteiger partial charge in [-0.2, -0.15) is 0 Å². The van der Waals surface area contributed by atoms with Crippen molar-refractivity contribution in [2.45, 2.75) is 44.8 Å². The van der Waals surface area contributed by atoms with Crippen LogP contribution in [0.15, 0.2) is 36.7 Å². The summed E-state index contributed by atoms with van der Waals surface area (Å²) in [6.45, 7) is 2.97. The molecule has 0 unspecified atom stereocenters. The van der Waals surface area contributed by atoms with Crippen LogP contribution in [-0.4, -0.2) is 21.7 Å². The summed E-state index contributed by atoms with van der Waals surface area (Å²) in [7, 11) is 0. The van der Waals surface area contributed by atoms with Crippen LogP contribution < -0.4 is 5.32 Å².